The maximum absolute atomic E-state index is 2.82. The number of nitrogens with zero attached hydrogens (tertiary/aromatic N) is 1. The SMILES string of the molecule is C1=CC(c2cc(-c3ccccc3)c3c4c(c5c(c3c2-c2ccccc2)C=CC(N(C2=CC=C(c3ccccc3)CC2)c2ccc3c6c2CCC=C6C2CC=Cc6cccc-3c62)C5)CCC=C4)=CCC1. The number of anilines is 1. The van der Waals surface area contributed by atoms with Crippen molar-refractivity contribution in [1.29, 1.82) is 0 Å². The molecule has 69 heavy (non-hydrogen) atoms. The second kappa shape index (κ2) is 16.6. The molecule has 0 bridgehead atoms. The lowest BCUT2D eigenvalue weighted by Gasteiger charge is -2.42. The highest BCUT2D eigenvalue weighted by Crippen LogP contribution is 2.56. The van der Waals surface area contributed by atoms with Gasteiger partial charge in [-0.1, -0.05) is 182 Å². The fourth-order valence-corrected chi connectivity index (χ4v) is 13.4. The van der Waals surface area contributed by atoms with Gasteiger partial charge in [-0.3, -0.25) is 0 Å². The van der Waals surface area contributed by atoms with E-state index in [1.165, 1.54) is 122 Å². The lowest BCUT2D eigenvalue weighted by atomic mass is 9.67. The molecule has 1 heteroatoms. The van der Waals surface area contributed by atoms with Crippen molar-refractivity contribution >= 4 is 51.4 Å². The van der Waals surface area contributed by atoms with Gasteiger partial charge in [0.1, 0.15) is 0 Å². The Morgan fingerprint density at radius 3 is 2.06 bits per heavy atom. The molecule has 332 valence electrons. The molecule has 0 amide bonds. The highest BCUT2D eigenvalue weighted by Gasteiger charge is 2.38. The van der Waals surface area contributed by atoms with Crippen LogP contribution in [0.25, 0.3) is 79.1 Å². The van der Waals surface area contributed by atoms with Gasteiger partial charge in [0.2, 0.25) is 0 Å². The minimum absolute atomic E-state index is 0.146. The number of fused-ring (bicyclic) bond motifs is 8. The molecule has 14 rings (SSSR count). The largest absolute Gasteiger partial charge is 0.338 e. The summed E-state index contributed by atoms with van der Waals surface area (Å²) >= 11 is 0. The summed E-state index contributed by atoms with van der Waals surface area (Å²) in [5.74, 6) is 0.417. The van der Waals surface area contributed by atoms with E-state index in [4.69, 9.17) is 0 Å². The van der Waals surface area contributed by atoms with E-state index in [1.54, 1.807) is 5.57 Å². The van der Waals surface area contributed by atoms with Gasteiger partial charge in [0.05, 0.1) is 6.04 Å². The van der Waals surface area contributed by atoms with Crippen LogP contribution in [0.1, 0.15) is 106 Å². The summed E-state index contributed by atoms with van der Waals surface area (Å²) in [6.45, 7) is 0. The second-order valence-electron chi connectivity index (χ2n) is 20.1. The second-order valence-corrected chi connectivity index (χ2v) is 20.1. The highest BCUT2D eigenvalue weighted by molar-refractivity contribution is 6.17. The van der Waals surface area contributed by atoms with Crippen molar-refractivity contribution in [2.24, 2.45) is 0 Å². The molecule has 7 aromatic carbocycles. The zero-order valence-electron chi connectivity index (χ0n) is 39.2. The van der Waals surface area contributed by atoms with E-state index in [0.29, 0.717) is 5.92 Å². The van der Waals surface area contributed by atoms with Gasteiger partial charge in [-0.25, -0.2) is 0 Å². The lowest BCUT2D eigenvalue weighted by molar-refractivity contribution is 0.700. The Morgan fingerprint density at radius 1 is 0.478 bits per heavy atom. The van der Waals surface area contributed by atoms with Gasteiger partial charge in [0, 0.05) is 17.3 Å². The fourth-order valence-electron chi connectivity index (χ4n) is 13.4. The summed E-state index contributed by atoms with van der Waals surface area (Å²) < 4.78 is 0. The molecule has 0 heterocycles. The summed E-state index contributed by atoms with van der Waals surface area (Å²) in [7, 11) is 0. The predicted molar refractivity (Wildman–Crippen MR) is 294 cm³/mol. The Morgan fingerprint density at radius 2 is 1.26 bits per heavy atom. The minimum Gasteiger partial charge on any atom is -0.338 e. The summed E-state index contributed by atoms with van der Waals surface area (Å²) in [6.07, 6.45) is 40.0. The summed E-state index contributed by atoms with van der Waals surface area (Å²) in [4.78, 5) is 2.82. The number of hydrogen-bond acceptors (Lipinski definition) is 1. The van der Waals surface area contributed by atoms with E-state index in [0.717, 1.165) is 64.2 Å². The first-order valence-electron chi connectivity index (χ1n) is 25.7. The molecular formula is C68H55N. The normalized spacial score (nSPS) is 19.1. The average Bonchev–Trinajstić information content (AvgIpc) is 3.43. The zero-order valence-corrected chi connectivity index (χ0v) is 39.2. The third-order valence-electron chi connectivity index (χ3n) is 16.4. The molecule has 2 unspecified atom stereocenters. The number of hydrogen-bond donors (Lipinski definition) is 0. The molecule has 0 N–H and O–H groups in total. The first kappa shape index (κ1) is 40.6. The van der Waals surface area contributed by atoms with E-state index < -0.39 is 0 Å². The molecule has 0 spiro atoms. The predicted octanol–water partition coefficient (Wildman–Crippen LogP) is 17.6. The van der Waals surface area contributed by atoms with Crippen LogP contribution < -0.4 is 4.90 Å². The van der Waals surface area contributed by atoms with E-state index >= 15 is 0 Å². The fraction of sp³-hybridized carbons (Fsp3) is 0.176. The Labute approximate surface area is 407 Å². The smallest absolute Gasteiger partial charge is 0.0563 e. The van der Waals surface area contributed by atoms with Gasteiger partial charge >= 0.3 is 0 Å². The van der Waals surface area contributed by atoms with Crippen LogP contribution in [-0.4, -0.2) is 6.04 Å². The van der Waals surface area contributed by atoms with E-state index in [9.17, 15) is 0 Å². The number of allylic oxidation sites excluding steroid dienone is 12. The standard InChI is InChI=1S/C68H55N/c1-5-18-44(19-6-1)45-34-36-50(37-35-45)69(63-41-40-57-55-31-16-27-48-26-15-30-54(64(48)55)56-32-17-33-59(63)66(56)57)51-38-39-58-62(42-51)52-28-13-14-29-53(52)67-61(47-22-9-3-10-23-47)43-60(46-20-7-2-8-21-46)65(68(58)67)49-24-11-4-12-25-49/h1,3-7,9-12,14-16,18-27,29,31-32,34,36,38-41,43,51,54H,2,8,13,17,28,30,33,35,37,42H2. The molecular weight excluding hydrogens is 831 g/mol. The number of rotatable bonds is 7. The van der Waals surface area contributed by atoms with Crippen molar-refractivity contribution in [2.75, 3.05) is 4.90 Å². The monoisotopic (exact) mass is 885 g/mol. The minimum atomic E-state index is 0.146. The van der Waals surface area contributed by atoms with Crippen molar-refractivity contribution in [1.82, 2.24) is 0 Å². The Kier molecular flexibility index (Phi) is 9.78. The van der Waals surface area contributed by atoms with Crippen molar-refractivity contribution in [3.05, 3.63) is 243 Å². The van der Waals surface area contributed by atoms with Crippen molar-refractivity contribution in [3.63, 3.8) is 0 Å². The summed E-state index contributed by atoms with van der Waals surface area (Å²) in [5, 5.41) is 2.78. The summed E-state index contributed by atoms with van der Waals surface area (Å²) in [6, 6.07) is 48.2. The van der Waals surface area contributed by atoms with E-state index in [2.05, 4.69) is 205 Å². The molecule has 7 aromatic rings. The van der Waals surface area contributed by atoms with Crippen LogP contribution in [0.2, 0.25) is 0 Å². The third-order valence-corrected chi connectivity index (χ3v) is 16.4. The van der Waals surface area contributed by atoms with Gasteiger partial charge in [-0.05, 0) is 199 Å². The van der Waals surface area contributed by atoms with E-state index in [-0.39, 0.29) is 6.04 Å². The Hall–Kier alpha value is -7.48. The maximum Gasteiger partial charge on any atom is 0.0563 e. The van der Waals surface area contributed by atoms with Crippen LogP contribution in [0.4, 0.5) is 5.69 Å². The first-order valence-corrected chi connectivity index (χ1v) is 25.7. The molecule has 0 fully saturated rings. The van der Waals surface area contributed by atoms with Crippen LogP contribution in [0.5, 0.6) is 0 Å². The highest BCUT2D eigenvalue weighted by atomic mass is 15.2. The van der Waals surface area contributed by atoms with E-state index in [1.807, 2.05) is 0 Å². The Balaban J connectivity index is 1.01. The molecule has 0 saturated heterocycles. The topological polar surface area (TPSA) is 3.24 Å². The third kappa shape index (κ3) is 6.58. The van der Waals surface area contributed by atoms with Gasteiger partial charge in [-0.15, -0.1) is 0 Å². The van der Waals surface area contributed by atoms with Crippen LogP contribution in [0.15, 0.2) is 188 Å². The first-order chi connectivity index (χ1) is 34.3. The molecule has 0 saturated carbocycles. The molecule has 0 aromatic heterocycles. The maximum atomic E-state index is 2.82. The van der Waals surface area contributed by atoms with Crippen molar-refractivity contribution in [3.8, 4) is 33.4 Å². The zero-order chi connectivity index (χ0) is 45.4. The van der Waals surface area contributed by atoms with Crippen LogP contribution in [-0.2, 0) is 19.3 Å². The van der Waals surface area contributed by atoms with Gasteiger partial charge in [0.15, 0.2) is 0 Å². The van der Waals surface area contributed by atoms with Crippen molar-refractivity contribution < 1.29 is 0 Å². The molecule has 2 atom stereocenters. The summed E-state index contributed by atoms with van der Waals surface area (Å²) in [5.41, 5.74) is 29.7. The molecule has 7 aliphatic rings. The number of benzene rings is 7. The average molecular weight is 886 g/mol. The molecule has 0 aliphatic heterocycles. The van der Waals surface area contributed by atoms with Crippen LogP contribution in [0, 0.1) is 0 Å². The molecule has 1 nitrogen and oxygen atoms in total. The van der Waals surface area contributed by atoms with Crippen LogP contribution >= 0.6 is 0 Å². The van der Waals surface area contributed by atoms with Gasteiger partial charge < -0.3 is 4.90 Å². The lowest BCUT2D eigenvalue weighted by Crippen LogP contribution is -2.38. The van der Waals surface area contributed by atoms with Gasteiger partial charge in [-0.2, -0.15) is 0 Å². The molecule has 0 radical (unpaired) electrons. The van der Waals surface area contributed by atoms with Gasteiger partial charge in [0.25, 0.3) is 0 Å². The van der Waals surface area contributed by atoms with Crippen molar-refractivity contribution in [2.45, 2.75) is 76.2 Å². The Bertz CT molecular complexity index is 3530. The van der Waals surface area contributed by atoms with Crippen LogP contribution in [0.3, 0.4) is 0 Å². The quantitative estimate of drug-likeness (QED) is 0.154. The molecule has 7 aliphatic carbocycles.